The maximum atomic E-state index is 14.8. The summed E-state index contributed by atoms with van der Waals surface area (Å²) in [6, 6.07) is 7.31. The Hall–Kier alpha value is -2.12. The largest absolute Gasteiger partial charge is 0.203 e. The number of aromatic nitrogens is 3. The van der Waals surface area contributed by atoms with Crippen molar-refractivity contribution in [3.8, 4) is 20.9 Å². The lowest BCUT2D eigenvalue weighted by molar-refractivity contribution is 0.516. The highest BCUT2D eigenvalue weighted by Crippen LogP contribution is 2.42. The molecule has 0 aliphatic rings. The Morgan fingerprint density at radius 1 is 0.704 bits per heavy atom. The quantitative estimate of drug-likeness (QED) is 0.377. The smallest absolute Gasteiger partial charge is 0.170 e. The first-order chi connectivity index (χ1) is 13.1. The average molecular weight is 408 g/mol. The van der Waals surface area contributed by atoms with Gasteiger partial charge in [0.2, 0.25) is 0 Å². The lowest BCUT2D eigenvalue weighted by atomic mass is 10.0. The number of nitrogens with one attached hydrogen (secondary N) is 1. The molecule has 0 amide bonds. The summed E-state index contributed by atoms with van der Waals surface area (Å²) in [5.41, 5.74) is 1.04. The minimum absolute atomic E-state index is 0.168. The molecule has 144 valence electrons. The normalized spacial score (nSPS) is 10.2. The van der Waals surface area contributed by atoms with Gasteiger partial charge in [0.15, 0.2) is 11.6 Å². The molecule has 0 aliphatic carbocycles. The van der Waals surface area contributed by atoms with Crippen molar-refractivity contribution in [2.75, 3.05) is 0 Å². The number of thiophene rings is 2. The Morgan fingerprint density at radius 2 is 1.07 bits per heavy atom. The molecule has 3 aromatic heterocycles. The van der Waals surface area contributed by atoms with Crippen LogP contribution in [0.1, 0.15) is 37.4 Å². The number of hydrogen-bond acceptors (Lipinski definition) is 4. The molecule has 1 N–H and O–H groups in total. The fourth-order valence-electron chi connectivity index (χ4n) is 2.59. The van der Waals surface area contributed by atoms with E-state index >= 15 is 0 Å². The molecule has 0 spiro atoms. The third kappa shape index (κ3) is 3.94. The van der Waals surface area contributed by atoms with Crippen LogP contribution in [0.4, 0.5) is 8.78 Å². The molecule has 0 unspecified atom stereocenters. The molecule has 3 heterocycles. The molecule has 1 aromatic carbocycles. The summed E-state index contributed by atoms with van der Waals surface area (Å²) in [5, 5.41) is 10.6. The van der Waals surface area contributed by atoms with Crippen molar-refractivity contribution in [1.82, 2.24) is 15.4 Å². The molecular formula is C20H23F2N3S2. The summed E-state index contributed by atoms with van der Waals surface area (Å²) in [6.07, 6.45) is 0. The van der Waals surface area contributed by atoms with E-state index in [1.807, 2.05) is 53.7 Å². The predicted molar refractivity (Wildman–Crippen MR) is 113 cm³/mol. The highest BCUT2D eigenvalue weighted by Gasteiger charge is 2.26. The van der Waals surface area contributed by atoms with E-state index in [4.69, 9.17) is 0 Å². The van der Waals surface area contributed by atoms with Crippen LogP contribution in [0.25, 0.3) is 31.9 Å². The van der Waals surface area contributed by atoms with Crippen LogP contribution >= 0.6 is 22.7 Å². The van der Waals surface area contributed by atoms with Crippen LogP contribution in [0.15, 0.2) is 24.3 Å². The standard InChI is InChI=1S/C16H11F2N3S2.2C2H6/c1-7-3-5-9(22-7)11-13(17)14(18)12(10-6-4-8(2)23-10)16-15(11)19-21-20-16;2*1-2/h3-6H,1-2H3,(H,19,20,21);2*1-2H3. The number of fused-ring (bicyclic) bond motifs is 1. The summed E-state index contributed by atoms with van der Waals surface area (Å²) in [6.45, 7) is 11.8. The van der Waals surface area contributed by atoms with Crippen molar-refractivity contribution in [3.63, 3.8) is 0 Å². The number of rotatable bonds is 2. The molecule has 0 fully saturated rings. The molecule has 4 rings (SSSR count). The van der Waals surface area contributed by atoms with Crippen LogP contribution in [0, 0.1) is 25.5 Å². The topological polar surface area (TPSA) is 41.6 Å². The maximum Gasteiger partial charge on any atom is 0.170 e. The van der Waals surface area contributed by atoms with Gasteiger partial charge in [0, 0.05) is 19.5 Å². The summed E-state index contributed by atoms with van der Waals surface area (Å²) in [7, 11) is 0. The molecule has 0 radical (unpaired) electrons. The van der Waals surface area contributed by atoms with Gasteiger partial charge >= 0.3 is 0 Å². The number of benzene rings is 1. The molecule has 4 aromatic rings. The van der Waals surface area contributed by atoms with E-state index in [9.17, 15) is 8.78 Å². The van der Waals surface area contributed by atoms with Crippen molar-refractivity contribution in [2.45, 2.75) is 41.5 Å². The van der Waals surface area contributed by atoms with Crippen molar-refractivity contribution in [1.29, 1.82) is 0 Å². The average Bonchev–Trinajstić information content (AvgIpc) is 3.42. The highest BCUT2D eigenvalue weighted by atomic mass is 32.1. The van der Waals surface area contributed by atoms with Gasteiger partial charge in [-0.3, -0.25) is 0 Å². The summed E-state index contributed by atoms with van der Waals surface area (Å²) in [5.74, 6) is -1.76. The Balaban J connectivity index is 0.000000614. The van der Waals surface area contributed by atoms with E-state index in [2.05, 4.69) is 15.4 Å². The summed E-state index contributed by atoms with van der Waals surface area (Å²) >= 11 is 2.80. The molecular weight excluding hydrogens is 384 g/mol. The van der Waals surface area contributed by atoms with E-state index in [1.54, 1.807) is 12.1 Å². The number of halogens is 2. The Bertz CT molecular complexity index is 951. The number of aromatic amines is 1. The first-order valence-electron chi connectivity index (χ1n) is 8.91. The van der Waals surface area contributed by atoms with Crippen molar-refractivity contribution < 1.29 is 8.78 Å². The van der Waals surface area contributed by atoms with Gasteiger partial charge < -0.3 is 0 Å². The zero-order valence-electron chi connectivity index (χ0n) is 16.3. The number of nitrogens with zero attached hydrogens (tertiary/aromatic N) is 2. The van der Waals surface area contributed by atoms with E-state index in [-0.39, 0.29) is 11.1 Å². The van der Waals surface area contributed by atoms with Crippen molar-refractivity contribution in [3.05, 3.63) is 45.7 Å². The Kier molecular flexibility index (Phi) is 7.21. The molecule has 0 atom stereocenters. The number of H-pyrrole nitrogens is 1. The molecule has 0 saturated carbocycles. The second-order valence-electron chi connectivity index (χ2n) is 5.22. The molecule has 0 saturated heterocycles. The fraction of sp³-hybridized carbons (Fsp3) is 0.300. The van der Waals surface area contributed by atoms with Gasteiger partial charge in [0.25, 0.3) is 0 Å². The van der Waals surface area contributed by atoms with Crippen LogP contribution in [0.3, 0.4) is 0 Å². The van der Waals surface area contributed by atoms with Gasteiger partial charge in [0.05, 0.1) is 11.1 Å². The highest BCUT2D eigenvalue weighted by molar-refractivity contribution is 7.16. The third-order valence-electron chi connectivity index (χ3n) is 3.63. The molecule has 7 heteroatoms. The van der Waals surface area contributed by atoms with Gasteiger partial charge in [-0.2, -0.15) is 15.4 Å². The zero-order valence-corrected chi connectivity index (χ0v) is 17.9. The molecule has 0 bridgehead atoms. The van der Waals surface area contributed by atoms with Crippen molar-refractivity contribution in [2.24, 2.45) is 0 Å². The Morgan fingerprint density at radius 3 is 1.37 bits per heavy atom. The summed E-state index contributed by atoms with van der Waals surface area (Å²) < 4.78 is 29.6. The van der Waals surface area contributed by atoms with Crippen LogP contribution in [-0.4, -0.2) is 15.4 Å². The van der Waals surface area contributed by atoms with E-state index < -0.39 is 11.6 Å². The second kappa shape index (κ2) is 9.19. The van der Waals surface area contributed by atoms with E-state index in [0.29, 0.717) is 20.8 Å². The van der Waals surface area contributed by atoms with Crippen molar-refractivity contribution >= 4 is 33.7 Å². The van der Waals surface area contributed by atoms with E-state index in [0.717, 1.165) is 9.75 Å². The predicted octanol–water partition coefficient (Wildman–Crippen LogP) is 7.36. The van der Waals surface area contributed by atoms with Crippen LogP contribution in [-0.2, 0) is 0 Å². The monoisotopic (exact) mass is 407 g/mol. The number of aryl methyl sites for hydroxylation is 2. The molecule has 0 aliphatic heterocycles. The Labute approximate surface area is 166 Å². The fourth-order valence-corrected chi connectivity index (χ4v) is 4.41. The lowest BCUT2D eigenvalue weighted by Gasteiger charge is -2.07. The van der Waals surface area contributed by atoms with Crippen LogP contribution in [0.5, 0.6) is 0 Å². The van der Waals surface area contributed by atoms with Gasteiger partial charge in [-0.15, -0.1) is 22.7 Å². The minimum atomic E-state index is -0.880. The van der Waals surface area contributed by atoms with Gasteiger partial charge in [0.1, 0.15) is 11.0 Å². The minimum Gasteiger partial charge on any atom is -0.203 e. The first-order valence-corrected chi connectivity index (χ1v) is 10.5. The zero-order chi connectivity index (χ0) is 20.1. The first kappa shape index (κ1) is 21.2. The van der Waals surface area contributed by atoms with E-state index in [1.165, 1.54) is 22.7 Å². The third-order valence-corrected chi connectivity index (χ3v) is 5.66. The van der Waals surface area contributed by atoms with Gasteiger partial charge in [-0.05, 0) is 38.1 Å². The maximum absolute atomic E-state index is 14.8. The SMILES string of the molecule is CC.CC.Cc1ccc(-c2c(F)c(F)c(-c3ccc(C)s3)c3n[nH]nc23)s1. The van der Waals surface area contributed by atoms with Gasteiger partial charge in [-0.25, -0.2) is 8.78 Å². The van der Waals surface area contributed by atoms with Crippen LogP contribution < -0.4 is 0 Å². The van der Waals surface area contributed by atoms with Gasteiger partial charge in [-0.1, -0.05) is 27.7 Å². The summed E-state index contributed by atoms with van der Waals surface area (Å²) in [4.78, 5) is 3.34. The molecule has 27 heavy (non-hydrogen) atoms. The van der Waals surface area contributed by atoms with Crippen LogP contribution in [0.2, 0.25) is 0 Å². The molecule has 3 nitrogen and oxygen atoms in total. The lowest BCUT2D eigenvalue weighted by Crippen LogP contribution is -1.95. The number of hydrogen-bond donors (Lipinski definition) is 1. The second-order valence-corrected chi connectivity index (χ2v) is 7.80.